The Bertz CT molecular complexity index is 994. The van der Waals surface area contributed by atoms with Gasteiger partial charge in [-0.3, -0.25) is 19.3 Å². The smallest absolute Gasteiger partial charge is 0.294 e. The number of imide groups is 1. The van der Waals surface area contributed by atoms with Crippen molar-refractivity contribution in [2.24, 2.45) is 0 Å². The Morgan fingerprint density at radius 2 is 1.83 bits per heavy atom. The molecule has 2 aromatic rings. The standard InChI is InChI=1S/C22H21FN2O3S/c1-22(2,3)15-9-7-14(8-10-15)11-18-20(27)25(21(28)29-18)13-19(26)24-17-6-4-5-16(23)12-17/h4-12H,13H2,1-3H3,(H,24,26)/b18-11+. The minimum atomic E-state index is -0.575. The van der Waals surface area contributed by atoms with E-state index in [-0.39, 0.29) is 16.0 Å². The van der Waals surface area contributed by atoms with Gasteiger partial charge in [-0.25, -0.2) is 4.39 Å². The summed E-state index contributed by atoms with van der Waals surface area (Å²) in [5, 5.41) is 1.97. The average Bonchev–Trinajstić information content (AvgIpc) is 2.89. The van der Waals surface area contributed by atoms with E-state index in [4.69, 9.17) is 0 Å². The van der Waals surface area contributed by atoms with Crippen molar-refractivity contribution in [3.63, 3.8) is 0 Å². The van der Waals surface area contributed by atoms with Crippen molar-refractivity contribution < 1.29 is 18.8 Å². The van der Waals surface area contributed by atoms with Crippen molar-refractivity contribution in [2.45, 2.75) is 26.2 Å². The van der Waals surface area contributed by atoms with Crippen molar-refractivity contribution in [1.82, 2.24) is 4.90 Å². The van der Waals surface area contributed by atoms with Gasteiger partial charge in [0, 0.05) is 5.69 Å². The molecule has 0 atom stereocenters. The quantitative estimate of drug-likeness (QED) is 0.733. The number of halogens is 1. The normalized spacial score (nSPS) is 15.9. The number of benzene rings is 2. The maximum absolute atomic E-state index is 13.2. The zero-order chi connectivity index (χ0) is 21.2. The Labute approximate surface area is 173 Å². The molecule has 1 saturated heterocycles. The van der Waals surface area contributed by atoms with Gasteiger partial charge in [0.05, 0.1) is 4.91 Å². The highest BCUT2D eigenvalue weighted by atomic mass is 32.2. The maximum atomic E-state index is 13.2. The van der Waals surface area contributed by atoms with Gasteiger partial charge in [0.15, 0.2) is 0 Å². The molecule has 5 nitrogen and oxygen atoms in total. The summed E-state index contributed by atoms with van der Waals surface area (Å²) in [7, 11) is 0. The van der Waals surface area contributed by atoms with Gasteiger partial charge in [-0.05, 0) is 52.6 Å². The van der Waals surface area contributed by atoms with E-state index >= 15 is 0 Å². The largest absolute Gasteiger partial charge is 0.324 e. The van der Waals surface area contributed by atoms with Crippen molar-refractivity contribution in [1.29, 1.82) is 0 Å². The lowest BCUT2D eigenvalue weighted by molar-refractivity contribution is -0.127. The minimum absolute atomic E-state index is 0.0192. The number of anilines is 1. The lowest BCUT2D eigenvalue weighted by atomic mass is 9.87. The summed E-state index contributed by atoms with van der Waals surface area (Å²) in [6.45, 7) is 5.91. The van der Waals surface area contributed by atoms with Gasteiger partial charge in [-0.15, -0.1) is 0 Å². The summed E-state index contributed by atoms with van der Waals surface area (Å²) in [6, 6.07) is 13.2. The van der Waals surface area contributed by atoms with Crippen LogP contribution >= 0.6 is 11.8 Å². The maximum Gasteiger partial charge on any atom is 0.294 e. The molecule has 0 aliphatic carbocycles. The first-order valence-electron chi connectivity index (χ1n) is 9.05. The van der Waals surface area contributed by atoms with Crippen molar-refractivity contribution in [3.05, 3.63) is 70.4 Å². The fraction of sp³-hybridized carbons (Fsp3) is 0.227. The van der Waals surface area contributed by atoms with E-state index in [0.29, 0.717) is 0 Å². The van der Waals surface area contributed by atoms with Crippen molar-refractivity contribution >= 4 is 40.6 Å². The van der Waals surface area contributed by atoms with Crippen molar-refractivity contribution in [3.8, 4) is 0 Å². The van der Waals surface area contributed by atoms with Gasteiger partial charge in [0.1, 0.15) is 12.4 Å². The lowest BCUT2D eigenvalue weighted by Crippen LogP contribution is -2.36. The molecule has 3 amide bonds. The van der Waals surface area contributed by atoms with E-state index in [9.17, 15) is 18.8 Å². The van der Waals surface area contributed by atoms with Gasteiger partial charge >= 0.3 is 0 Å². The van der Waals surface area contributed by atoms with E-state index in [1.807, 2.05) is 24.3 Å². The van der Waals surface area contributed by atoms with Gasteiger partial charge in [0.2, 0.25) is 5.91 Å². The van der Waals surface area contributed by atoms with Gasteiger partial charge in [-0.2, -0.15) is 0 Å². The molecular formula is C22H21FN2O3S. The first-order chi connectivity index (χ1) is 13.6. The number of hydrogen-bond donors (Lipinski definition) is 1. The number of carbonyl (C=O) groups excluding carboxylic acids is 3. The first kappa shape index (κ1) is 20.8. The van der Waals surface area contributed by atoms with E-state index in [1.54, 1.807) is 6.08 Å². The molecule has 0 radical (unpaired) electrons. The van der Waals surface area contributed by atoms with Gasteiger partial charge in [0.25, 0.3) is 11.1 Å². The molecule has 0 bridgehead atoms. The second kappa shape index (κ2) is 8.21. The van der Waals surface area contributed by atoms with Crippen LogP contribution in [0.25, 0.3) is 6.08 Å². The number of hydrogen-bond acceptors (Lipinski definition) is 4. The van der Waals surface area contributed by atoms with Gasteiger partial charge < -0.3 is 5.32 Å². The van der Waals surface area contributed by atoms with Crippen LogP contribution in [-0.4, -0.2) is 28.5 Å². The summed E-state index contributed by atoms with van der Waals surface area (Å²) in [5.41, 5.74) is 2.24. The van der Waals surface area contributed by atoms with Gasteiger partial charge in [-0.1, -0.05) is 51.1 Å². The fourth-order valence-corrected chi connectivity index (χ4v) is 3.62. The Hall–Kier alpha value is -2.93. The molecular weight excluding hydrogens is 391 g/mol. The van der Waals surface area contributed by atoms with Crippen LogP contribution in [0.5, 0.6) is 0 Å². The molecule has 1 aliphatic heterocycles. The topological polar surface area (TPSA) is 66.5 Å². The van der Waals surface area contributed by atoms with Crippen LogP contribution < -0.4 is 5.32 Å². The number of nitrogens with zero attached hydrogens (tertiary/aromatic N) is 1. The molecule has 1 fully saturated rings. The lowest BCUT2D eigenvalue weighted by Gasteiger charge is -2.18. The van der Waals surface area contributed by atoms with E-state index in [1.165, 1.54) is 18.2 Å². The summed E-state index contributed by atoms with van der Waals surface area (Å²) in [6.07, 6.45) is 1.64. The third-order valence-electron chi connectivity index (χ3n) is 4.36. The second-order valence-corrected chi connectivity index (χ2v) is 8.69. The molecule has 29 heavy (non-hydrogen) atoms. The summed E-state index contributed by atoms with van der Waals surface area (Å²) in [4.78, 5) is 38.1. The third kappa shape index (κ3) is 5.12. The first-order valence-corrected chi connectivity index (χ1v) is 9.86. The second-order valence-electron chi connectivity index (χ2n) is 7.70. The number of nitrogens with one attached hydrogen (secondary N) is 1. The zero-order valence-electron chi connectivity index (χ0n) is 16.4. The Morgan fingerprint density at radius 1 is 1.14 bits per heavy atom. The van der Waals surface area contributed by atoms with E-state index in [2.05, 4.69) is 26.1 Å². The van der Waals surface area contributed by atoms with Crippen LogP contribution in [0.4, 0.5) is 14.9 Å². The molecule has 150 valence electrons. The van der Waals surface area contributed by atoms with Crippen LogP contribution in [-0.2, 0) is 15.0 Å². The summed E-state index contributed by atoms with van der Waals surface area (Å²) in [5.74, 6) is -1.59. The molecule has 3 rings (SSSR count). The predicted octanol–water partition coefficient (Wildman–Crippen LogP) is 4.80. The molecule has 0 unspecified atom stereocenters. The van der Waals surface area contributed by atoms with E-state index in [0.717, 1.165) is 33.9 Å². The predicted molar refractivity (Wildman–Crippen MR) is 113 cm³/mol. The third-order valence-corrected chi connectivity index (χ3v) is 5.27. The van der Waals surface area contributed by atoms with Crippen molar-refractivity contribution in [2.75, 3.05) is 11.9 Å². The highest BCUT2D eigenvalue weighted by Crippen LogP contribution is 2.32. The SMILES string of the molecule is CC(C)(C)c1ccc(/C=C2/SC(=O)N(CC(=O)Nc3cccc(F)c3)C2=O)cc1. The number of amides is 3. The number of carbonyl (C=O) groups is 3. The molecule has 0 saturated carbocycles. The summed E-state index contributed by atoms with van der Waals surface area (Å²) < 4.78 is 13.2. The van der Waals surface area contributed by atoms with E-state index < -0.39 is 29.4 Å². The number of thioether (sulfide) groups is 1. The molecule has 0 aromatic heterocycles. The monoisotopic (exact) mass is 412 g/mol. The van der Waals surface area contributed by atoms with Crippen LogP contribution in [0, 0.1) is 5.82 Å². The molecule has 0 spiro atoms. The molecule has 1 aliphatic rings. The van der Waals surface area contributed by atoms with Crippen LogP contribution in [0.1, 0.15) is 31.9 Å². The molecule has 7 heteroatoms. The minimum Gasteiger partial charge on any atom is -0.324 e. The average molecular weight is 412 g/mol. The number of rotatable bonds is 4. The Morgan fingerprint density at radius 3 is 2.45 bits per heavy atom. The highest BCUT2D eigenvalue weighted by molar-refractivity contribution is 8.18. The Balaban J connectivity index is 1.69. The summed E-state index contributed by atoms with van der Waals surface area (Å²) >= 11 is 0.796. The van der Waals surface area contributed by atoms with Crippen LogP contribution in [0.15, 0.2) is 53.4 Å². The fourth-order valence-electron chi connectivity index (χ4n) is 2.78. The molecule has 2 aromatic carbocycles. The zero-order valence-corrected chi connectivity index (χ0v) is 17.2. The van der Waals surface area contributed by atoms with Crippen LogP contribution in [0.3, 0.4) is 0 Å². The highest BCUT2D eigenvalue weighted by Gasteiger charge is 2.36. The molecule has 1 N–H and O–H groups in total. The Kier molecular flexibility index (Phi) is 5.88. The van der Waals surface area contributed by atoms with Crippen LogP contribution in [0.2, 0.25) is 0 Å². The molecule has 1 heterocycles.